The van der Waals surface area contributed by atoms with Gasteiger partial charge >= 0.3 is 6.18 Å². The number of aromatic nitrogens is 2. The van der Waals surface area contributed by atoms with Crippen LogP contribution in [0.25, 0.3) is 11.4 Å². The van der Waals surface area contributed by atoms with Crippen molar-refractivity contribution in [3.8, 4) is 11.4 Å². The number of nitrogens with one attached hydrogen (secondary N) is 1. The molecule has 1 aliphatic rings. The van der Waals surface area contributed by atoms with E-state index in [1.165, 1.54) is 12.1 Å². The van der Waals surface area contributed by atoms with E-state index in [0.29, 0.717) is 17.9 Å². The zero-order valence-corrected chi connectivity index (χ0v) is 12.3. The maximum absolute atomic E-state index is 12.4. The molecule has 23 heavy (non-hydrogen) atoms. The highest BCUT2D eigenvalue weighted by Gasteiger charge is 2.28. The molecular weight excluding hydrogens is 307 g/mol. The SMILES string of the molecule is O=C1NCCCC1n1ccnc1-c1ccc(CC(F)(F)F)cc1. The van der Waals surface area contributed by atoms with Crippen LogP contribution in [0.2, 0.25) is 0 Å². The monoisotopic (exact) mass is 323 g/mol. The van der Waals surface area contributed by atoms with Crippen LogP contribution in [0.5, 0.6) is 0 Å². The highest BCUT2D eigenvalue weighted by Crippen LogP contribution is 2.27. The average Bonchev–Trinajstić information content (AvgIpc) is 2.96. The van der Waals surface area contributed by atoms with Crippen molar-refractivity contribution < 1.29 is 18.0 Å². The van der Waals surface area contributed by atoms with Gasteiger partial charge in [-0.3, -0.25) is 4.79 Å². The molecule has 0 aliphatic carbocycles. The smallest absolute Gasteiger partial charge is 0.354 e. The molecule has 1 atom stereocenters. The first-order valence-corrected chi connectivity index (χ1v) is 7.41. The van der Waals surface area contributed by atoms with Gasteiger partial charge in [0, 0.05) is 24.5 Å². The third-order valence-electron chi connectivity index (χ3n) is 3.88. The van der Waals surface area contributed by atoms with Crippen molar-refractivity contribution in [3.63, 3.8) is 0 Å². The molecule has 4 nitrogen and oxygen atoms in total. The maximum Gasteiger partial charge on any atom is 0.393 e. The Morgan fingerprint density at radius 2 is 2.00 bits per heavy atom. The normalized spacial score (nSPS) is 18.7. The fraction of sp³-hybridized carbons (Fsp3) is 0.375. The fourth-order valence-electron chi connectivity index (χ4n) is 2.81. The van der Waals surface area contributed by atoms with Crippen LogP contribution in [-0.2, 0) is 11.2 Å². The summed E-state index contributed by atoms with van der Waals surface area (Å²) >= 11 is 0. The number of alkyl halides is 3. The molecular formula is C16H16F3N3O. The van der Waals surface area contributed by atoms with E-state index in [-0.39, 0.29) is 17.5 Å². The molecule has 7 heteroatoms. The van der Waals surface area contributed by atoms with Gasteiger partial charge in [0.1, 0.15) is 11.9 Å². The Labute approximate surface area is 131 Å². The molecule has 0 spiro atoms. The third-order valence-corrected chi connectivity index (χ3v) is 3.88. The van der Waals surface area contributed by atoms with Gasteiger partial charge in [-0.1, -0.05) is 24.3 Å². The average molecular weight is 323 g/mol. The number of halogens is 3. The molecule has 1 unspecified atom stereocenters. The minimum absolute atomic E-state index is 0.0517. The van der Waals surface area contributed by atoms with Crippen molar-refractivity contribution in [2.45, 2.75) is 31.5 Å². The number of piperidine rings is 1. The number of hydrogen-bond donors (Lipinski definition) is 1. The summed E-state index contributed by atoms with van der Waals surface area (Å²) in [5, 5.41) is 2.82. The van der Waals surface area contributed by atoms with Crippen LogP contribution in [0.3, 0.4) is 0 Å². The van der Waals surface area contributed by atoms with Gasteiger partial charge in [0.05, 0.1) is 6.42 Å². The van der Waals surface area contributed by atoms with Gasteiger partial charge in [0.2, 0.25) is 5.91 Å². The van der Waals surface area contributed by atoms with Crippen molar-refractivity contribution in [1.82, 2.24) is 14.9 Å². The van der Waals surface area contributed by atoms with Gasteiger partial charge in [0.15, 0.2) is 0 Å². The van der Waals surface area contributed by atoms with Crippen LogP contribution >= 0.6 is 0 Å². The fourth-order valence-corrected chi connectivity index (χ4v) is 2.81. The second kappa shape index (κ2) is 6.06. The van der Waals surface area contributed by atoms with Crippen molar-refractivity contribution in [2.75, 3.05) is 6.54 Å². The van der Waals surface area contributed by atoms with Crippen molar-refractivity contribution in [3.05, 3.63) is 42.2 Å². The Morgan fingerprint density at radius 3 is 2.65 bits per heavy atom. The highest BCUT2D eigenvalue weighted by molar-refractivity contribution is 5.81. The number of amides is 1. The van der Waals surface area contributed by atoms with Crippen molar-refractivity contribution in [2.24, 2.45) is 0 Å². The van der Waals surface area contributed by atoms with E-state index < -0.39 is 12.6 Å². The first-order chi connectivity index (χ1) is 10.9. The molecule has 2 heterocycles. The number of imidazole rings is 1. The minimum atomic E-state index is -4.22. The molecule has 1 aromatic heterocycles. The molecule has 0 radical (unpaired) electrons. The molecule has 1 amide bonds. The van der Waals surface area contributed by atoms with E-state index in [9.17, 15) is 18.0 Å². The number of benzene rings is 1. The van der Waals surface area contributed by atoms with Crippen LogP contribution in [0.1, 0.15) is 24.4 Å². The molecule has 1 fully saturated rings. The summed E-state index contributed by atoms with van der Waals surface area (Å²) in [5.74, 6) is 0.537. The van der Waals surface area contributed by atoms with Crippen molar-refractivity contribution >= 4 is 5.91 Å². The van der Waals surface area contributed by atoms with Crippen LogP contribution in [0, 0.1) is 0 Å². The van der Waals surface area contributed by atoms with E-state index >= 15 is 0 Å². The molecule has 0 saturated carbocycles. The molecule has 122 valence electrons. The predicted octanol–water partition coefficient (Wildman–Crippen LogP) is 3.11. The van der Waals surface area contributed by atoms with E-state index in [4.69, 9.17) is 0 Å². The van der Waals surface area contributed by atoms with E-state index in [0.717, 1.165) is 12.8 Å². The zero-order chi connectivity index (χ0) is 16.4. The Bertz CT molecular complexity index is 691. The maximum atomic E-state index is 12.4. The molecule has 3 rings (SSSR count). The lowest BCUT2D eigenvalue weighted by atomic mass is 10.1. The second-order valence-corrected chi connectivity index (χ2v) is 5.60. The summed E-state index contributed by atoms with van der Waals surface area (Å²) < 4.78 is 39.0. The number of rotatable bonds is 3. The lowest BCUT2D eigenvalue weighted by Gasteiger charge is -2.24. The molecule has 0 bridgehead atoms. The standard InChI is InChI=1S/C16H16F3N3O/c17-16(18,19)10-11-3-5-12(6-4-11)14-20-8-9-22(14)13-2-1-7-21-15(13)23/h3-6,8-9,13H,1-2,7,10H2,(H,21,23). The van der Waals surface area contributed by atoms with Crippen LogP contribution in [0.15, 0.2) is 36.7 Å². The largest absolute Gasteiger partial charge is 0.393 e. The number of carbonyl (C=O) groups is 1. The summed E-state index contributed by atoms with van der Waals surface area (Å²) in [5.41, 5.74) is 0.897. The van der Waals surface area contributed by atoms with Gasteiger partial charge in [-0.15, -0.1) is 0 Å². The van der Waals surface area contributed by atoms with Gasteiger partial charge in [-0.25, -0.2) is 4.98 Å². The molecule has 1 aliphatic heterocycles. The Kier molecular flexibility index (Phi) is 4.11. The topological polar surface area (TPSA) is 46.9 Å². The summed E-state index contributed by atoms with van der Waals surface area (Å²) in [6.45, 7) is 0.672. The molecule has 2 aromatic rings. The Morgan fingerprint density at radius 1 is 1.26 bits per heavy atom. The molecule has 1 saturated heterocycles. The lowest BCUT2D eigenvalue weighted by molar-refractivity contribution is -0.127. The van der Waals surface area contributed by atoms with Crippen LogP contribution in [-0.4, -0.2) is 28.2 Å². The summed E-state index contributed by atoms with van der Waals surface area (Å²) in [7, 11) is 0. The summed E-state index contributed by atoms with van der Waals surface area (Å²) in [4.78, 5) is 16.3. The lowest BCUT2D eigenvalue weighted by Crippen LogP contribution is -2.37. The van der Waals surface area contributed by atoms with E-state index in [1.54, 1.807) is 29.1 Å². The number of carbonyl (C=O) groups excluding carboxylic acids is 1. The van der Waals surface area contributed by atoms with Crippen LogP contribution in [0.4, 0.5) is 13.2 Å². The Hall–Kier alpha value is -2.31. The second-order valence-electron chi connectivity index (χ2n) is 5.60. The van der Waals surface area contributed by atoms with Gasteiger partial charge in [-0.2, -0.15) is 13.2 Å². The first kappa shape index (κ1) is 15.6. The quantitative estimate of drug-likeness (QED) is 0.943. The van der Waals surface area contributed by atoms with E-state index in [1.807, 2.05) is 0 Å². The number of hydrogen-bond acceptors (Lipinski definition) is 2. The van der Waals surface area contributed by atoms with Crippen LogP contribution < -0.4 is 5.32 Å². The van der Waals surface area contributed by atoms with Gasteiger partial charge in [-0.05, 0) is 18.4 Å². The Balaban J connectivity index is 1.85. The summed E-state index contributed by atoms with van der Waals surface area (Å²) in [6, 6.07) is 5.79. The zero-order valence-electron chi connectivity index (χ0n) is 12.3. The third kappa shape index (κ3) is 3.55. The first-order valence-electron chi connectivity index (χ1n) is 7.41. The van der Waals surface area contributed by atoms with Gasteiger partial charge < -0.3 is 9.88 Å². The predicted molar refractivity (Wildman–Crippen MR) is 78.7 cm³/mol. The number of nitrogens with zero attached hydrogens (tertiary/aromatic N) is 2. The highest BCUT2D eigenvalue weighted by atomic mass is 19.4. The summed E-state index contributed by atoms with van der Waals surface area (Å²) in [6.07, 6.45) is -0.234. The minimum Gasteiger partial charge on any atom is -0.354 e. The van der Waals surface area contributed by atoms with Gasteiger partial charge in [0.25, 0.3) is 0 Å². The molecule has 1 N–H and O–H groups in total. The molecule has 1 aromatic carbocycles. The van der Waals surface area contributed by atoms with E-state index in [2.05, 4.69) is 10.3 Å². The van der Waals surface area contributed by atoms with Crippen molar-refractivity contribution in [1.29, 1.82) is 0 Å².